The summed E-state index contributed by atoms with van der Waals surface area (Å²) in [6.45, 7) is 22.8. The molecular formula is C51H83N3O9. The van der Waals surface area contributed by atoms with Crippen LogP contribution in [0.5, 0.6) is 0 Å². The summed E-state index contributed by atoms with van der Waals surface area (Å²) in [5, 5.41) is 15.8. The number of unbranched alkanes of at least 4 members (excludes halogenated alkanes) is 5. The van der Waals surface area contributed by atoms with E-state index in [0.29, 0.717) is 43.1 Å². The van der Waals surface area contributed by atoms with Crippen molar-refractivity contribution in [1.82, 2.24) is 10.6 Å². The maximum Gasteiger partial charge on any atom is 0.328 e. The quantitative estimate of drug-likeness (QED) is 0.0526. The molecule has 0 unspecified atom stereocenters. The summed E-state index contributed by atoms with van der Waals surface area (Å²) < 4.78 is 10.9. The highest BCUT2D eigenvalue weighted by Crippen LogP contribution is 2.77. The van der Waals surface area contributed by atoms with Gasteiger partial charge in [0.2, 0.25) is 17.7 Å². The van der Waals surface area contributed by atoms with Crippen LogP contribution in [0.2, 0.25) is 0 Å². The number of ether oxygens (including phenoxy) is 2. The third-order valence-corrected chi connectivity index (χ3v) is 18.5. The van der Waals surface area contributed by atoms with E-state index in [0.717, 1.165) is 96.3 Å². The maximum atomic E-state index is 14.6. The molecule has 356 valence electrons. The summed E-state index contributed by atoms with van der Waals surface area (Å²) >= 11 is 0. The topological polar surface area (TPSA) is 191 Å². The first-order chi connectivity index (χ1) is 29.4. The Morgan fingerprint density at radius 1 is 0.810 bits per heavy atom. The van der Waals surface area contributed by atoms with Crippen molar-refractivity contribution in [2.45, 2.75) is 196 Å². The average molecular weight is 882 g/mol. The lowest BCUT2D eigenvalue weighted by Crippen LogP contribution is -2.67. The van der Waals surface area contributed by atoms with Gasteiger partial charge in [-0.2, -0.15) is 0 Å². The Morgan fingerprint density at radius 3 is 2.11 bits per heavy atom. The Balaban J connectivity index is 1.16. The highest BCUT2D eigenvalue weighted by Gasteiger charge is 2.72. The van der Waals surface area contributed by atoms with Crippen LogP contribution in [0, 0.1) is 62.1 Å². The zero-order valence-corrected chi connectivity index (χ0v) is 40.4. The summed E-state index contributed by atoms with van der Waals surface area (Å²) in [4.78, 5) is 75.1. The first kappa shape index (κ1) is 50.6. The van der Waals surface area contributed by atoms with Gasteiger partial charge < -0.3 is 30.9 Å². The molecule has 0 heterocycles. The van der Waals surface area contributed by atoms with Gasteiger partial charge in [0.05, 0.1) is 24.4 Å². The zero-order chi connectivity index (χ0) is 46.8. The zero-order valence-electron chi connectivity index (χ0n) is 40.4. The first-order valence-electron chi connectivity index (χ1n) is 24.4. The molecule has 0 aromatic carbocycles. The minimum absolute atomic E-state index is 0.0118. The number of primary amides is 1. The fraction of sp³-hybridized carbons (Fsp3) is 0.843. The molecule has 5 aliphatic carbocycles. The van der Waals surface area contributed by atoms with Crippen LogP contribution < -0.4 is 16.4 Å². The number of carbonyl (C=O) groups is 6. The number of amides is 3. The molecule has 5 N–H and O–H groups in total. The monoisotopic (exact) mass is 882 g/mol. The molecule has 12 heteroatoms. The van der Waals surface area contributed by atoms with E-state index in [-0.39, 0.29) is 70.2 Å². The van der Waals surface area contributed by atoms with Gasteiger partial charge in [0.1, 0.15) is 12.1 Å². The van der Waals surface area contributed by atoms with Gasteiger partial charge in [-0.1, -0.05) is 72.5 Å². The van der Waals surface area contributed by atoms with Crippen molar-refractivity contribution < 1.29 is 43.3 Å². The number of hydrogen-bond acceptors (Lipinski definition) is 8. The summed E-state index contributed by atoms with van der Waals surface area (Å²) in [6, 6.07) is -0.879. The number of fused-ring (bicyclic) bond motifs is 7. The second kappa shape index (κ2) is 19.6. The third-order valence-electron chi connectivity index (χ3n) is 18.5. The van der Waals surface area contributed by atoms with Gasteiger partial charge in [-0.3, -0.25) is 24.0 Å². The lowest BCUT2D eigenvalue weighted by Gasteiger charge is -2.72. The van der Waals surface area contributed by atoms with Gasteiger partial charge >= 0.3 is 17.9 Å². The Morgan fingerprint density at radius 2 is 1.48 bits per heavy atom. The maximum absolute atomic E-state index is 14.6. The Kier molecular flexibility index (Phi) is 15.7. The number of methoxy groups -OCH3 is 1. The largest absolute Gasteiger partial charge is 0.481 e. The number of carbonyl (C=O) groups excluding carboxylic acids is 5. The summed E-state index contributed by atoms with van der Waals surface area (Å²) in [5.74, 6) is -0.573. The molecule has 0 radical (unpaired) electrons. The molecule has 11 atom stereocenters. The third kappa shape index (κ3) is 9.90. The molecule has 5 rings (SSSR count). The van der Waals surface area contributed by atoms with E-state index in [2.05, 4.69) is 58.8 Å². The first-order valence-corrected chi connectivity index (χ1v) is 24.4. The van der Waals surface area contributed by atoms with E-state index in [1.165, 1.54) is 12.7 Å². The molecule has 63 heavy (non-hydrogen) atoms. The van der Waals surface area contributed by atoms with Crippen molar-refractivity contribution >= 4 is 35.6 Å². The van der Waals surface area contributed by atoms with Crippen LogP contribution in [0.25, 0.3) is 0 Å². The number of aliphatic carboxylic acids is 1. The SMILES string of the molecule is C=C(C)[C@@H]1CC[C@]2(C(=O)NCCCCCCCCC(=O)N[C@H](CCC(N)=O)C(=O)OC)CC[C@]3(C)[C@H](CC[C@@H]4[C@@]5(C)CC[C@H](OC(=O)CC(C)(C)C(=O)O)C(C)(C)[C@@H]5CC[C@]43C)[C@@H]12. The lowest BCUT2D eigenvalue weighted by atomic mass is 9.32. The van der Waals surface area contributed by atoms with Crippen LogP contribution in [0.1, 0.15) is 184 Å². The molecule has 12 nitrogen and oxygen atoms in total. The molecule has 3 amide bonds. The van der Waals surface area contributed by atoms with Crippen LogP contribution in [0.15, 0.2) is 12.2 Å². The summed E-state index contributed by atoms with van der Waals surface area (Å²) in [5.41, 5.74) is 4.92. The number of esters is 2. The van der Waals surface area contributed by atoms with E-state index in [1.54, 1.807) is 13.8 Å². The van der Waals surface area contributed by atoms with Gasteiger partial charge in [0, 0.05) is 24.8 Å². The highest BCUT2D eigenvalue weighted by molar-refractivity contribution is 5.85. The van der Waals surface area contributed by atoms with Crippen molar-refractivity contribution in [3.63, 3.8) is 0 Å². The van der Waals surface area contributed by atoms with Gasteiger partial charge in [-0.05, 0) is 150 Å². The van der Waals surface area contributed by atoms with E-state index in [1.807, 2.05) is 0 Å². The van der Waals surface area contributed by atoms with E-state index in [9.17, 15) is 33.9 Å². The number of carboxylic acids is 1. The second-order valence-corrected chi connectivity index (χ2v) is 22.8. The Bertz CT molecular complexity index is 1740. The standard InChI is InChI=1S/C51H83N3O9/c1-32(2)33-22-27-51(44(59)53-30-16-14-12-11-13-15-17-40(56)54-35(43(58)62-10)19-21-39(52)55)29-28-49(8)34(42(33)51)18-20-37-48(7)25-24-38(63-41(57)31-46(3,4)45(60)61)47(5,6)36(48)23-26-50(37,49)9/h33-38,42H,1,11-31H2,2-10H3,(H2,52,55)(H,53,59)(H,54,56)(H,60,61)/t33-,34+,35+,36-,37+,38-,42+,48-,49+,50+,51-/m0/s1. The lowest BCUT2D eigenvalue weighted by molar-refractivity contribution is -0.249. The van der Waals surface area contributed by atoms with Gasteiger partial charge in [-0.25, -0.2) is 4.79 Å². The molecule has 0 aliphatic heterocycles. The molecule has 0 aromatic rings. The van der Waals surface area contributed by atoms with Gasteiger partial charge in [0.25, 0.3) is 0 Å². The van der Waals surface area contributed by atoms with Crippen LogP contribution in [-0.2, 0) is 38.2 Å². The molecule has 0 bridgehead atoms. The normalized spacial score (nSPS) is 34.7. The fourth-order valence-corrected chi connectivity index (χ4v) is 14.8. The number of hydrogen-bond donors (Lipinski definition) is 4. The van der Waals surface area contributed by atoms with Crippen LogP contribution in [0.4, 0.5) is 0 Å². The average Bonchev–Trinajstić information content (AvgIpc) is 3.61. The molecule has 0 aromatic heterocycles. The predicted molar refractivity (Wildman–Crippen MR) is 243 cm³/mol. The van der Waals surface area contributed by atoms with Crippen molar-refractivity contribution in [2.24, 2.45) is 67.8 Å². The van der Waals surface area contributed by atoms with Crippen molar-refractivity contribution in [2.75, 3.05) is 13.7 Å². The molecule has 0 spiro atoms. The number of carboxylic acid groups (broad SMARTS) is 1. The minimum Gasteiger partial charge on any atom is -0.481 e. The number of nitrogens with one attached hydrogen (secondary N) is 2. The molecule has 5 saturated carbocycles. The number of rotatable bonds is 20. The number of allylic oxidation sites excluding steroid dienone is 1. The van der Waals surface area contributed by atoms with Gasteiger partial charge in [0.15, 0.2) is 0 Å². The number of nitrogens with two attached hydrogens (primary N) is 1. The van der Waals surface area contributed by atoms with Crippen molar-refractivity contribution in [3.05, 3.63) is 12.2 Å². The van der Waals surface area contributed by atoms with Crippen molar-refractivity contribution in [1.29, 1.82) is 0 Å². The Labute approximate surface area is 378 Å². The van der Waals surface area contributed by atoms with E-state index in [4.69, 9.17) is 15.2 Å². The minimum atomic E-state index is -1.17. The smallest absolute Gasteiger partial charge is 0.328 e. The Hall–Kier alpha value is -3.44. The van der Waals surface area contributed by atoms with E-state index >= 15 is 0 Å². The van der Waals surface area contributed by atoms with Gasteiger partial charge in [-0.15, -0.1) is 0 Å². The summed E-state index contributed by atoms with van der Waals surface area (Å²) in [7, 11) is 1.25. The molecule has 5 aliphatic rings. The van der Waals surface area contributed by atoms with Crippen LogP contribution in [-0.4, -0.2) is 66.5 Å². The van der Waals surface area contributed by atoms with E-state index < -0.39 is 35.3 Å². The second-order valence-electron chi connectivity index (χ2n) is 22.8. The van der Waals surface area contributed by atoms with Crippen molar-refractivity contribution in [3.8, 4) is 0 Å². The molecule has 5 fully saturated rings. The van der Waals surface area contributed by atoms with Crippen LogP contribution in [0.3, 0.4) is 0 Å². The summed E-state index contributed by atoms with van der Waals surface area (Å²) in [6.07, 6.45) is 15.6. The highest BCUT2D eigenvalue weighted by atomic mass is 16.5. The predicted octanol–water partition coefficient (Wildman–Crippen LogP) is 8.83. The molecule has 0 saturated heterocycles. The van der Waals surface area contributed by atoms with Crippen LogP contribution >= 0.6 is 0 Å². The molecular weight excluding hydrogens is 799 g/mol. The fourth-order valence-electron chi connectivity index (χ4n) is 14.8.